The zero-order valence-electron chi connectivity index (χ0n) is 7.59. The predicted octanol–water partition coefficient (Wildman–Crippen LogP) is 1.54. The quantitative estimate of drug-likeness (QED) is 0.658. The van der Waals surface area contributed by atoms with E-state index in [4.69, 9.17) is 0 Å². The third-order valence-corrected chi connectivity index (χ3v) is 2.07. The van der Waals surface area contributed by atoms with Gasteiger partial charge in [-0.3, -0.25) is 0 Å². The Kier molecular flexibility index (Phi) is 1.65. The number of nitrogens with zero attached hydrogens (tertiary/aromatic N) is 1. The van der Waals surface area contributed by atoms with Gasteiger partial charge in [-0.2, -0.15) is 4.98 Å². The van der Waals surface area contributed by atoms with E-state index in [1.54, 1.807) is 0 Å². The summed E-state index contributed by atoms with van der Waals surface area (Å²) in [4.78, 5) is 17.6. The summed E-state index contributed by atoms with van der Waals surface area (Å²) in [5.41, 5.74) is 2.47. The summed E-state index contributed by atoms with van der Waals surface area (Å²) in [5.74, 6) is 0. The summed E-state index contributed by atoms with van der Waals surface area (Å²) in [5, 5.41) is 1.00. The fourth-order valence-electron chi connectivity index (χ4n) is 1.42. The van der Waals surface area contributed by atoms with Crippen LogP contribution in [0.3, 0.4) is 0 Å². The van der Waals surface area contributed by atoms with Crippen molar-refractivity contribution in [3.05, 3.63) is 39.9 Å². The highest BCUT2D eigenvalue weighted by molar-refractivity contribution is 5.80. The summed E-state index contributed by atoms with van der Waals surface area (Å²) in [6.45, 7) is 3.86. The van der Waals surface area contributed by atoms with Crippen LogP contribution in [0.15, 0.2) is 23.0 Å². The molecule has 1 heterocycles. The number of hydrogen-bond acceptors (Lipinski definition) is 2. The summed E-state index contributed by atoms with van der Waals surface area (Å²) in [7, 11) is 0. The molecule has 0 saturated heterocycles. The maximum Gasteiger partial charge on any atom is 0.345 e. The average molecular weight is 174 g/mol. The zero-order chi connectivity index (χ0) is 9.42. The molecule has 1 N–H and O–H groups in total. The van der Waals surface area contributed by atoms with Crippen molar-refractivity contribution in [2.75, 3.05) is 0 Å². The molecule has 3 nitrogen and oxygen atoms in total. The van der Waals surface area contributed by atoms with Gasteiger partial charge in [0.1, 0.15) is 0 Å². The molecule has 0 radical (unpaired) electrons. The van der Waals surface area contributed by atoms with E-state index in [1.165, 1.54) is 0 Å². The Morgan fingerprint density at radius 1 is 1.31 bits per heavy atom. The third kappa shape index (κ3) is 1.33. The molecule has 0 aliphatic heterocycles. The zero-order valence-corrected chi connectivity index (χ0v) is 7.59. The topological polar surface area (TPSA) is 45.8 Å². The number of aryl methyl sites for hydroxylation is 2. The molecule has 0 bridgehead atoms. The Hall–Kier alpha value is -1.64. The molecule has 1 aromatic carbocycles. The van der Waals surface area contributed by atoms with Crippen molar-refractivity contribution in [2.45, 2.75) is 13.8 Å². The summed E-state index contributed by atoms with van der Waals surface area (Å²) >= 11 is 0. The molecular formula is C10H10N2O. The fraction of sp³-hybridized carbons (Fsp3) is 0.200. The minimum absolute atomic E-state index is 0.282. The number of benzene rings is 1. The van der Waals surface area contributed by atoms with E-state index in [0.717, 1.165) is 22.2 Å². The molecule has 66 valence electrons. The number of fused-ring (bicyclic) bond motifs is 1. The number of H-pyrrole nitrogens is 1. The Bertz CT molecular complexity index is 514. The first kappa shape index (κ1) is 7.98. The Balaban J connectivity index is 2.94. The smallest absolute Gasteiger partial charge is 0.309 e. The monoisotopic (exact) mass is 174 g/mol. The second-order valence-corrected chi connectivity index (χ2v) is 3.19. The number of rotatable bonds is 0. The average Bonchev–Trinajstić information content (AvgIpc) is 2.02. The van der Waals surface area contributed by atoms with Crippen LogP contribution in [0.2, 0.25) is 0 Å². The second kappa shape index (κ2) is 2.69. The summed E-state index contributed by atoms with van der Waals surface area (Å²) in [6.07, 6.45) is 0. The van der Waals surface area contributed by atoms with Crippen molar-refractivity contribution < 1.29 is 0 Å². The Morgan fingerprint density at radius 2 is 2.08 bits per heavy atom. The Labute approximate surface area is 75.4 Å². The lowest BCUT2D eigenvalue weighted by atomic mass is 10.1. The Morgan fingerprint density at radius 3 is 2.85 bits per heavy atom. The van der Waals surface area contributed by atoms with Crippen LogP contribution in [0, 0.1) is 13.8 Å². The maximum atomic E-state index is 11.0. The van der Waals surface area contributed by atoms with Gasteiger partial charge in [0, 0.05) is 11.1 Å². The first-order valence-corrected chi connectivity index (χ1v) is 4.14. The van der Waals surface area contributed by atoms with Crippen LogP contribution in [-0.4, -0.2) is 9.97 Å². The van der Waals surface area contributed by atoms with Gasteiger partial charge in [-0.15, -0.1) is 0 Å². The fourth-order valence-corrected chi connectivity index (χ4v) is 1.42. The van der Waals surface area contributed by atoms with Gasteiger partial charge < -0.3 is 4.98 Å². The van der Waals surface area contributed by atoms with Crippen molar-refractivity contribution >= 4 is 10.9 Å². The van der Waals surface area contributed by atoms with E-state index in [0.29, 0.717) is 0 Å². The van der Waals surface area contributed by atoms with E-state index >= 15 is 0 Å². The first-order chi connectivity index (χ1) is 6.16. The van der Waals surface area contributed by atoms with Crippen LogP contribution in [0.25, 0.3) is 10.9 Å². The van der Waals surface area contributed by atoms with Crippen molar-refractivity contribution in [3.8, 4) is 0 Å². The molecule has 2 rings (SSSR count). The van der Waals surface area contributed by atoms with E-state index < -0.39 is 0 Å². The number of aromatic nitrogens is 2. The molecule has 3 heteroatoms. The van der Waals surface area contributed by atoms with Crippen LogP contribution in [-0.2, 0) is 0 Å². The van der Waals surface area contributed by atoms with E-state index in [-0.39, 0.29) is 5.69 Å². The molecular weight excluding hydrogens is 164 g/mol. The second-order valence-electron chi connectivity index (χ2n) is 3.19. The van der Waals surface area contributed by atoms with E-state index in [9.17, 15) is 4.79 Å². The molecule has 2 aromatic rings. The normalized spacial score (nSPS) is 10.6. The van der Waals surface area contributed by atoms with Gasteiger partial charge in [0.15, 0.2) is 0 Å². The lowest BCUT2D eigenvalue weighted by molar-refractivity contribution is 1.07. The van der Waals surface area contributed by atoms with Crippen LogP contribution in [0.4, 0.5) is 0 Å². The molecule has 0 fully saturated rings. The minimum Gasteiger partial charge on any atom is -0.309 e. The van der Waals surface area contributed by atoms with Gasteiger partial charge >= 0.3 is 5.69 Å². The molecule has 0 aliphatic rings. The van der Waals surface area contributed by atoms with Gasteiger partial charge in [-0.05, 0) is 25.5 Å². The highest BCUT2D eigenvalue weighted by atomic mass is 16.1. The molecule has 0 amide bonds. The van der Waals surface area contributed by atoms with Gasteiger partial charge in [-0.1, -0.05) is 12.1 Å². The van der Waals surface area contributed by atoms with Crippen molar-refractivity contribution in [1.82, 2.24) is 9.97 Å². The van der Waals surface area contributed by atoms with Gasteiger partial charge in [0.05, 0.1) is 5.52 Å². The molecule has 0 saturated carbocycles. The molecule has 13 heavy (non-hydrogen) atoms. The largest absolute Gasteiger partial charge is 0.345 e. The van der Waals surface area contributed by atoms with Gasteiger partial charge in [0.25, 0.3) is 0 Å². The highest BCUT2D eigenvalue weighted by Gasteiger charge is 1.99. The summed E-state index contributed by atoms with van der Waals surface area (Å²) in [6, 6.07) is 5.90. The minimum atomic E-state index is -0.282. The molecule has 0 atom stereocenters. The van der Waals surface area contributed by atoms with Gasteiger partial charge in [-0.25, -0.2) is 4.79 Å². The van der Waals surface area contributed by atoms with Crippen molar-refractivity contribution in [3.63, 3.8) is 0 Å². The van der Waals surface area contributed by atoms with Crippen LogP contribution < -0.4 is 5.69 Å². The molecule has 0 aliphatic carbocycles. The summed E-state index contributed by atoms with van der Waals surface area (Å²) < 4.78 is 0. The third-order valence-electron chi connectivity index (χ3n) is 2.07. The van der Waals surface area contributed by atoms with Crippen molar-refractivity contribution in [2.24, 2.45) is 0 Å². The maximum absolute atomic E-state index is 11.0. The first-order valence-electron chi connectivity index (χ1n) is 4.14. The van der Waals surface area contributed by atoms with Crippen LogP contribution >= 0.6 is 0 Å². The highest BCUT2D eigenvalue weighted by Crippen LogP contribution is 2.13. The van der Waals surface area contributed by atoms with Gasteiger partial charge in [0.2, 0.25) is 0 Å². The number of hydrogen-bond donors (Lipinski definition) is 1. The number of nitrogens with one attached hydrogen (secondary N) is 1. The molecule has 1 aromatic heterocycles. The van der Waals surface area contributed by atoms with Crippen LogP contribution in [0.1, 0.15) is 11.3 Å². The van der Waals surface area contributed by atoms with E-state index in [2.05, 4.69) is 9.97 Å². The van der Waals surface area contributed by atoms with E-state index in [1.807, 2.05) is 32.0 Å². The lowest BCUT2D eigenvalue weighted by Crippen LogP contribution is -2.11. The standard InChI is InChI=1S/C10H10N2O/c1-6-3-4-8-7(2)11-10(13)12-9(8)5-6/h3-5H,1-2H3,(H,11,12,13). The molecule has 0 unspecified atom stereocenters. The van der Waals surface area contributed by atoms with Crippen LogP contribution in [0.5, 0.6) is 0 Å². The predicted molar refractivity (Wildman–Crippen MR) is 51.8 cm³/mol. The number of aromatic amines is 1. The SMILES string of the molecule is Cc1ccc2c(C)[nH]c(=O)nc2c1. The molecule has 0 spiro atoms. The van der Waals surface area contributed by atoms with Crippen molar-refractivity contribution in [1.29, 1.82) is 0 Å². The lowest BCUT2D eigenvalue weighted by Gasteiger charge is -2.00.